The van der Waals surface area contributed by atoms with Crippen LogP contribution in [0, 0.1) is 0 Å². The van der Waals surface area contributed by atoms with Crippen molar-refractivity contribution in [1.82, 2.24) is 5.32 Å². The van der Waals surface area contributed by atoms with Crippen LogP contribution in [-0.4, -0.2) is 29.4 Å². The Morgan fingerprint density at radius 1 is 1.44 bits per heavy atom. The summed E-state index contributed by atoms with van der Waals surface area (Å²) in [6.45, 7) is 1.76. The Bertz CT molecular complexity index is 370. The molecule has 0 aliphatic heterocycles. The van der Waals surface area contributed by atoms with Gasteiger partial charge < -0.3 is 10.4 Å². The highest BCUT2D eigenvalue weighted by Gasteiger charge is 2.05. The first-order chi connectivity index (χ1) is 8.61. The molecule has 100 valence electrons. The Morgan fingerprint density at radius 2 is 2.11 bits per heavy atom. The molecule has 0 unspecified atom stereocenters. The minimum Gasteiger partial charge on any atom is -0.394 e. The molecular weight excluding hydrogens is 270 g/mol. The van der Waals surface area contributed by atoms with Crippen molar-refractivity contribution in [3.63, 3.8) is 0 Å². The highest BCUT2D eigenvalue weighted by molar-refractivity contribution is 7.99. The van der Waals surface area contributed by atoms with Gasteiger partial charge >= 0.3 is 0 Å². The lowest BCUT2D eigenvalue weighted by Gasteiger charge is -2.10. The van der Waals surface area contributed by atoms with E-state index in [4.69, 9.17) is 16.7 Å². The van der Waals surface area contributed by atoms with Crippen molar-refractivity contribution in [2.75, 3.05) is 12.4 Å². The second-order valence-corrected chi connectivity index (χ2v) is 5.66. The lowest BCUT2D eigenvalue weighted by Crippen LogP contribution is -2.34. The van der Waals surface area contributed by atoms with E-state index in [1.807, 2.05) is 24.3 Å². The fourth-order valence-electron chi connectivity index (χ4n) is 1.35. The first kappa shape index (κ1) is 15.3. The van der Waals surface area contributed by atoms with Gasteiger partial charge in [0, 0.05) is 22.4 Å². The second-order valence-electron chi connectivity index (χ2n) is 4.06. The number of thioether (sulfide) groups is 1. The molecule has 0 saturated carbocycles. The summed E-state index contributed by atoms with van der Waals surface area (Å²) in [6, 6.07) is 7.50. The minimum absolute atomic E-state index is 0.00624. The van der Waals surface area contributed by atoms with Gasteiger partial charge in [0.2, 0.25) is 5.91 Å². The van der Waals surface area contributed by atoms with Crippen molar-refractivity contribution in [3.05, 3.63) is 29.3 Å². The molecule has 2 N–H and O–H groups in total. The molecule has 1 rings (SSSR count). The number of halogens is 1. The molecule has 0 aliphatic carbocycles. The van der Waals surface area contributed by atoms with E-state index in [0.29, 0.717) is 6.42 Å². The van der Waals surface area contributed by atoms with Gasteiger partial charge in [-0.3, -0.25) is 4.79 Å². The van der Waals surface area contributed by atoms with Crippen LogP contribution >= 0.6 is 23.4 Å². The summed E-state index contributed by atoms with van der Waals surface area (Å²) >= 11 is 7.50. The van der Waals surface area contributed by atoms with Crippen LogP contribution < -0.4 is 5.32 Å². The van der Waals surface area contributed by atoms with Gasteiger partial charge in [-0.25, -0.2) is 0 Å². The summed E-state index contributed by atoms with van der Waals surface area (Å²) in [4.78, 5) is 12.6. The van der Waals surface area contributed by atoms with Crippen LogP contribution in [0.5, 0.6) is 0 Å². The van der Waals surface area contributed by atoms with Crippen molar-refractivity contribution in [3.8, 4) is 0 Å². The van der Waals surface area contributed by atoms with Crippen LogP contribution in [0.4, 0.5) is 0 Å². The predicted molar refractivity (Wildman–Crippen MR) is 76.1 cm³/mol. The van der Waals surface area contributed by atoms with Gasteiger partial charge in [0.05, 0.1) is 6.61 Å². The Morgan fingerprint density at radius 3 is 2.72 bits per heavy atom. The minimum atomic E-state index is -0.165. The number of benzene rings is 1. The van der Waals surface area contributed by atoms with Crippen LogP contribution in [0.25, 0.3) is 0 Å². The highest BCUT2D eigenvalue weighted by atomic mass is 35.5. The third-order valence-corrected chi connectivity index (χ3v) is 3.66. The zero-order valence-corrected chi connectivity index (χ0v) is 11.9. The number of aliphatic hydroxyl groups excluding tert-OH is 1. The molecule has 18 heavy (non-hydrogen) atoms. The Kier molecular flexibility index (Phi) is 7.16. The Hall–Kier alpha value is -0.710. The van der Waals surface area contributed by atoms with Crippen molar-refractivity contribution < 1.29 is 9.90 Å². The van der Waals surface area contributed by atoms with Crippen molar-refractivity contribution in [2.45, 2.75) is 30.7 Å². The van der Waals surface area contributed by atoms with Gasteiger partial charge in [0.1, 0.15) is 0 Å². The van der Waals surface area contributed by atoms with Crippen molar-refractivity contribution in [1.29, 1.82) is 0 Å². The third kappa shape index (κ3) is 6.28. The molecule has 0 spiro atoms. The lowest BCUT2D eigenvalue weighted by molar-refractivity contribution is -0.121. The van der Waals surface area contributed by atoms with Gasteiger partial charge in [-0.2, -0.15) is 0 Å². The maximum Gasteiger partial charge on any atom is 0.220 e. The van der Waals surface area contributed by atoms with E-state index in [-0.39, 0.29) is 18.6 Å². The molecule has 0 aromatic heterocycles. The normalized spacial score (nSPS) is 12.2. The van der Waals surface area contributed by atoms with Crippen LogP contribution in [0.3, 0.4) is 0 Å². The first-order valence-electron chi connectivity index (χ1n) is 5.90. The number of carbonyl (C=O) groups excluding carboxylic acids is 1. The van der Waals surface area contributed by atoms with Crippen LogP contribution in [0.2, 0.25) is 5.02 Å². The maximum absolute atomic E-state index is 11.4. The SMILES string of the molecule is C[C@@H](CO)NC(=O)CCCSc1ccc(Cl)cc1. The number of amides is 1. The zero-order chi connectivity index (χ0) is 13.4. The third-order valence-electron chi connectivity index (χ3n) is 2.31. The van der Waals surface area contributed by atoms with Gasteiger partial charge in [-0.1, -0.05) is 11.6 Å². The molecule has 0 radical (unpaired) electrons. The predicted octanol–water partition coefficient (Wildman–Crippen LogP) is 2.71. The standard InChI is InChI=1S/C13H18ClNO2S/c1-10(9-16)15-13(17)3-2-8-18-12-6-4-11(14)5-7-12/h4-7,10,16H,2-3,8-9H2,1H3,(H,15,17)/t10-/m0/s1. The molecular formula is C13H18ClNO2S. The number of hydrogen-bond donors (Lipinski definition) is 2. The highest BCUT2D eigenvalue weighted by Crippen LogP contribution is 2.21. The van der Waals surface area contributed by atoms with E-state index < -0.39 is 0 Å². The number of carbonyl (C=O) groups is 1. The summed E-state index contributed by atoms with van der Waals surface area (Å²) in [7, 11) is 0. The van der Waals surface area contributed by atoms with E-state index >= 15 is 0 Å². The summed E-state index contributed by atoms with van der Waals surface area (Å²) in [6.07, 6.45) is 1.31. The van der Waals surface area contributed by atoms with E-state index in [9.17, 15) is 4.79 Å². The molecule has 0 aliphatic rings. The number of hydrogen-bond acceptors (Lipinski definition) is 3. The number of rotatable bonds is 7. The summed E-state index contributed by atoms with van der Waals surface area (Å²) in [5.41, 5.74) is 0. The molecule has 1 amide bonds. The average molecular weight is 288 g/mol. The topological polar surface area (TPSA) is 49.3 Å². The fraction of sp³-hybridized carbons (Fsp3) is 0.462. The van der Waals surface area contributed by atoms with Crippen molar-refractivity contribution in [2.24, 2.45) is 0 Å². The van der Waals surface area contributed by atoms with Crippen molar-refractivity contribution >= 4 is 29.3 Å². The smallest absolute Gasteiger partial charge is 0.220 e. The Balaban J connectivity index is 2.15. The molecule has 3 nitrogen and oxygen atoms in total. The second kappa shape index (κ2) is 8.40. The van der Waals surface area contributed by atoms with Crippen LogP contribution in [-0.2, 0) is 4.79 Å². The van der Waals surface area contributed by atoms with E-state index in [0.717, 1.165) is 22.1 Å². The maximum atomic E-state index is 11.4. The average Bonchev–Trinajstić information content (AvgIpc) is 2.36. The molecule has 5 heteroatoms. The van der Waals surface area contributed by atoms with Crippen LogP contribution in [0.15, 0.2) is 29.2 Å². The van der Waals surface area contributed by atoms with Crippen LogP contribution in [0.1, 0.15) is 19.8 Å². The number of nitrogens with one attached hydrogen (secondary N) is 1. The largest absolute Gasteiger partial charge is 0.394 e. The number of aliphatic hydroxyl groups is 1. The van der Waals surface area contributed by atoms with Gasteiger partial charge in [-0.15, -0.1) is 11.8 Å². The lowest BCUT2D eigenvalue weighted by atomic mass is 10.3. The van der Waals surface area contributed by atoms with Gasteiger partial charge in [-0.05, 0) is 43.4 Å². The molecule has 0 fully saturated rings. The van der Waals surface area contributed by atoms with E-state index in [1.165, 1.54) is 0 Å². The molecule has 1 aromatic carbocycles. The zero-order valence-electron chi connectivity index (χ0n) is 10.4. The quantitative estimate of drug-likeness (QED) is 0.599. The monoisotopic (exact) mass is 287 g/mol. The van der Waals surface area contributed by atoms with E-state index in [1.54, 1.807) is 18.7 Å². The molecule has 0 heterocycles. The molecule has 1 atom stereocenters. The summed E-state index contributed by atoms with van der Waals surface area (Å²) in [5, 5.41) is 12.2. The summed E-state index contributed by atoms with van der Waals surface area (Å²) in [5.74, 6) is 0.885. The Labute approximate surface area is 117 Å². The molecule has 0 saturated heterocycles. The summed E-state index contributed by atoms with van der Waals surface area (Å²) < 4.78 is 0. The van der Waals surface area contributed by atoms with E-state index in [2.05, 4.69) is 5.32 Å². The molecule has 0 bridgehead atoms. The van der Waals surface area contributed by atoms with Gasteiger partial charge in [0.15, 0.2) is 0 Å². The first-order valence-corrected chi connectivity index (χ1v) is 7.26. The van der Waals surface area contributed by atoms with Gasteiger partial charge in [0.25, 0.3) is 0 Å². The fourth-order valence-corrected chi connectivity index (χ4v) is 2.33. The molecule has 1 aromatic rings.